The molecule has 9 heavy (non-hydrogen) atoms. The Hall–Kier alpha value is -0.0800. The zero-order valence-electron chi connectivity index (χ0n) is 5.93. The monoisotopic (exact) mass is 126 g/mol. The Morgan fingerprint density at radius 3 is 3.11 bits per heavy atom. The van der Waals surface area contributed by atoms with Crippen molar-refractivity contribution in [2.24, 2.45) is 0 Å². The summed E-state index contributed by atoms with van der Waals surface area (Å²) >= 11 is 0. The molecule has 0 aliphatic carbocycles. The molecule has 2 aliphatic rings. The van der Waals surface area contributed by atoms with Crippen molar-refractivity contribution in [3.8, 4) is 0 Å². The summed E-state index contributed by atoms with van der Waals surface area (Å²) < 4.78 is 0. The molecule has 2 aliphatic heterocycles. The fourth-order valence-corrected chi connectivity index (χ4v) is 2.02. The number of hydrogen-bond donors (Lipinski definition) is 1. The third kappa shape index (κ3) is 0.864. The lowest BCUT2D eigenvalue weighted by molar-refractivity contribution is 0.300. The van der Waals surface area contributed by atoms with Gasteiger partial charge in [-0.25, -0.2) is 0 Å². The van der Waals surface area contributed by atoms with Crippen LogP contribution in [-0.4, -0.2) is 37.1 Å². The van der Waals surface area contributed by atoms with Crippen LogP contribution in [0.5, 0.6) is 0 Å². The van der Waals surface area contributed by atoms with E-state index in [9.17, 15) is 0 Å². The van der Waals surface area contributed by atoms with Crippen molar-refractivity contribution in [3.63, 3.8) is 0 Å². The van der Waals surface area contributed by atoms with Crippen LogP contribution in [0.3, 0.4) is 0 Å². The lowest BCUT2D eigenvalue weighted by atomic mass is 10.1. The van der Waals surface area contributed by atoms with Gasteiger partial charge in [-0.15, -0.1) is 0 Å². The Morgan fingerprint density at radius 2 is 2.44 bits per heavy atom. The molecule has 0 radical (unpaired) electrons. The van der Waals surface area contributed by atoms with E-state index in [4.69, 9.17) is 0 Å². The average molecular weight is 126 g/mol. The number of hydrogen-bond acceptors (Lipinski definition) is 2. The molecule has 52 valence electrons. The number of nitrogens with one attached hydrogen (secondary N) is 1. The van der Waals surface area contributed by atoms with Crippen LogP contribution < -0.4 is 5.32 Å². The summed E-state index contributed by atoms with van der Waals surface area (Å²) in [6.45, 7) is 2.50. The van der Waals surface area contributed by atoms with E-state index < -0.39 is 0 Å². The van der Waals surface area contributed by atoms with E-state index in [1.165, 1.54) is 25.9 Å². The zero-order chi connectivity index (χ0) is 6.27. The molecule has 2 saturated heterocycles. The third-order valence-corrected chi connectivity index (χ3v) is 2.60. The van der Waals surface area contributed by atoms with Crippen molar-refractivity contribution < 1.29 is 0 Å². The molecular formula is C7H14N2. The minimum Gasteiger partial charge on any atom is -0.313 e. The molecular weight excluding hydrogens is 112 g/mol. The number of fused-ring (bicyclic) bond motifs is 2. The Kier molecular flexibility index (Phi) is 1.24. The summed E-state index contributed by atoms with van der Waals surface area (Å²) in [5, 5.41) is 3.50. The molecule has 0 aromatic rings. The lowest BCUT2D eigenvalue weighted by Gasteiger charge is -2.20. The zero-order valence-corrected chi connectivity index (χ0v) is 5.93. The predicted molar refractivity (Wildman–Crippen MR) is 37.4 cm³/mol. The number of likely N-dealkylation sites (tertiary alicyclic amines) is 1. The second kappa shape index (κ2) is 1.96. The van der Waals surface area contributed by atoms with Crippen molar-refractivity contribution in [1.29, 1.82) is 0 Å². The minimum absolute atomic E-state index is 0.814. The second-order valence-corrected chi connectivity index (χ2v) is 3.27. The van der Waals surface area contributed by atoms with Gasteiger partial charge in [0.25, 0.3) is 0 Å². The van der Waals surface area contributed by atoms with E-state index in [0.29, 0.717) is 0 Å². The Bertz CT molecular complexity index is 111. The van der Waals surface area contributed by atoms with Gasteiger partial charge in [-0.3, -0.25) is 0 Å². The van der Waals surface area contributed by atoms with E-state index in [2.05, 4.69) is 17.3 Å². The van der Waals surface area contributed by atoms with Crippen molar-refractivity contribution >= 4 is 0 Å². The standard InChI is InChI=1S/C7H14N2/c1-9-5-6-4-7(9)2-3-8-6/h6-8H,2-5H2,1H3. The van der Waals surface area contributed by atoms with Crippen molar-refractivity contribution in [2.75, 3.05) is 20.1 Å². The van der Waals surface area contributed by atoms with Gasteiger partial charge in [0.05, 0.1) is 0 Å². The fraction of sp³-hybridized carbons (Fsp3) is 1.00. The highest BCUT2D eigenvalue weighted by Crippen LogP contribution is 2.21. The van der Waals surface area contributed by atoms with Gasteiger partial charge in [0, 0.05) is 18.6 Å². The maximum absolute atomic E-state index is 3.50. The van der Waals surface area contributed by atoms with Gasteiger partial charge in [0.15, 0.2) is 0 Å². The summed E-state index contributed by atoms with van der Waals surface area (Å²) in [5.41, 5.74) is 0. The third-order valence-electron chi connectivity index (χ3n) is 2.60. The van der Waals surface area contributed by atoms with Crippen LogP contribution in [0.15, 0.2) is 0 Å². The van der Waals surface area contributed by atoms with Crippen LogP contribution in [0.4, 0.5) is 0 Å². The molecule has 2 nitrogen and oxygen atoms in total. The van der Waals surface area contributed by atoms with Crippen LogP contribution in [0.2, 0.25) is 0 Å². The first-order chi connectivity index (χ1) is 4.36. The molecule has 2 bridgehead atoms. The molecule has 2 heterocycles. The first-order valence-corrected chi connectivity index (χ1v) is 3.80. The Balaban J connectivity index is 2.07. The predicted octanol–water partition coefficient (Wildman–Crippen LogP) is 0.0524. The first-order valence-electron chi connectivity index (χ1n) is 3.80. The van der Waals surface area contributed by atoms with Crippen LogP contribution in [-0.2, 0) is 0 Å². The SMILES string of the molecule is CN1CC2CC1CCN2. The maximum Gasteiger partial charge on any atom is 0.0209 e. The van der Waals surface area contributed by atoms with E-state index >= 15 is 0 Å². The van der Waals surface area contributed by atoms with Gasteiger partial charge in [-0.1, -0.05) is 0 Å². The normalized spacial score (nSPS) is 43.7. The Labute approximate surface area is 56.2 Å². The van der Waals surface area contributed by atoms with Crippen LogP contribution in [0.1, 0.15) is 12.8 Å². The van der Waals surface area contributed by atoms with Gasteiger partial charge in [-0.2, -0.15) is 0 Å². The van der Waals surface area contributed by atoms with E-state index in [-0.39, 0.29) is 0 Å². The smallest absolute Gasteiger partial charge is 0.0209 e. The highest BCUT2D eigenvalue weighted by atomic mass is 15.2. The minimum atomic E-state index is 0.814. The van der Waals surface area contributed by atoms with Crippen LogP contribution >= 0.6 is 0 Å². The van der Waals surface area contributed by atoms with Gasteiger partial charge in [0.1, 0.15) is 0 Å². The van der Waals surface area contributed by atoms with Crippen molar-refractivity contribution in [3.05, 3.63) is 0 Å². The van der Waals surface area contributed by atoms with Crippen molar-refractivity contribution in [2.45, 2.75) is 24.9 Å². The molecule has 2 unspecified atom stereocenters. The Morgan fingerprint density at radius 1 is 1.56 bits per heavy atom. The number of likely N-dealkylation sites (N-methyl/N-ethyl adjacent to an activating group) is 1. The second-order valence-electron chi connectivity index (χ2n) is 3.27. The number of nitrogens with zero attached hydrogens (tertiary/aromatic N) is 1. The molecule has 2 fully saturated rings. The number of piperidine rings is 1. The molecule has 2 atom stereocenters. The van der Waals surface area contributed by atoms with Gasteiger partial charge in [0.2, 0.25) is 0 Å². The summed E-state index contributed by atoms with van der Waals surface area (Å²) in [6, 6.07) is 1.71. The van der Waals surface area contributed by atoms with Gasteiger partial charge in [-0.05, 0) is 26.4 Å². The molecule has 0 aromatic carbocycles. The largest absolute Gasteiger partial charge is 0.313 e. The van der Waals surface area contributed by atoms with Crippen molar-refractivity contribution in [1.82, 2.24) is 10.2 Å². The molecule has 0 aromatic heterocycles. The average Bonchev–Trinajstić information content (AvgIpc) is 2.09. The highest BCUT2D eigenvalue weighted by Gasteiger charge is 2.31. The molecule has 2 rings (SSSR count). The summed E-state index contributed by atoms with van der Waals surface area (Å²) in [7, 11) is 2.23. The topological polar surface area (TPSA) is 15.3 Å². The van der Waals surface area contributed by atoms with Gasteiger partial charge >= 0.3 is 0 Å². The summed E-state index contributed by atoms with van der Waals surface area (Å²) in [5.74, 6) is 0. The molecule has 2 heteroatoms. The van der Waals surface area contributed by atoms with E-state index in [1.807, 2.05) is 0 Å². The summed E-state index contributed by atoms with van der Waals surface area (Å²) in [6.07, 6.45) is 2.74. The van der Waals surface area contributed by atoms with Gasteiger partial charge < -0.3 is 10.2 Å². The van der Waals surface area contributed by atoms with Crippen LogP contribution in [0, 0.1) is 0 Å². The molecule has 0 saturated carbocycles. The first kappa shape index (κ1) is 5.69. The van der Waals surface area contributed by atoms with E-state index in [0.717, 1.165) is 12.1 Å². The molecule has 0 amide bonds. The molecule has 0 spiro atoms. The highest BCUT2D eigenvalue weighted by molar-refractivity contribution is 4.91. The van der Waals surface area contributed by atoms with E-state index in [1.54, 1.807) is 0 Å². The fourth-order valence-electron chi connectivity index (χ4n) is 2.02. The molecule has 1 N–H and O–H groups in total. The quantitative estimate of drug-likeness (QED) is 0.493. The number of rotatable bonds is 0. The van der Waals surface area contributed by atoms with Crippen LogP contribution in [0.25, 0.3) is 0 Å². The maximum atomic E-state index is 3.50. The summed E-state index contributed by atoms with van der Waals surface area (Å²) in [4.78, 5) is 2.48. The lowest BCUT2D eigenvalue weighted by Crippen LogP contribution is -2.34.